The predicted octanol–water partition coefficient (Wildman–Crippen LogP) is 1.20. The maximum absolute atomic E-state index is 13.7. The van der Waals surface area contributed by atoms with E-state index in [-0.39, 0.29) is 40.2 Å². The number of benzene rings is 2. The first-order chi connectivity index (χ1) is 24.9. The van der Waals surface area contributed by atoms with Crippen LogP contribution in [0.15, 0.2) is 75.9 Å². The van der Waals surface area contributed by atoms with Crippen molar-refractivity contribution >= 4 is 70.3 Å². The summed E-state index contributed by atoms with van der Waals surface area (Å²) in [5, 5.41) is 41.3. The maximum atomic E-state index is 13.7. The van der Waals surface area contributed by atoms with Gasteiger partial charge < -0.3 is 36.4 Å². The molecule has 2 aliphatic rings. The fraction of sp³-hybridized carbons (Fsp3) is 0.258. The lowest BCUT2D eigenvalue weighted by atomic mass is 10.0. The lowest BCUT2D eigenvalue weighted by molar-refractivity contribution is -0.150. The number of H-pyrrole nitrogens is 1. The number of carboxylic acids is 1. The molecule has 6 rings (SSSR count). The second-order valence-electron chi connectivity index (χ2n) is 11.7. The zero-order valence-corrected chi connectivity index (χ0v) is 29.4. The van der Waals surface area contributed by atoms with E-state index in [9.17, 15) is 34.2 Å². The SMILES string of the molecule is CN(C)c1ccc(Nc2ncc(NC(=O)N[C@@H](C(=O)NC3C(=O)N4C(C(=O)O)=C(CSc5nnnn5C)CS[C@H]34)c3ccc(O)cc3)c(=O)[nH]2)cc1. The van der Waals surface area contributed by atoms with E-state index in [1.165, 1.54) is 52.5 Å². The number of nitrogens with one attached hydrogen (secondary N) is 5. The zero-order valence-electron chi connectivity index (χ0n) is 27.7. The summed E-state index contributed by atoms with van der Waals surface area (Å²) in [6.07, 6.45) is 1.15. The van der Waals surface area contributed by atoms with Crippen molar-refractivity contribution in [2.75, 3.05) is 41.1 Å². The molecule has 19 nitrogen and oxygen atoms in total. The van der Waals surface area contributed by atoms with Crippen molar-refractivity contribution in [2.24, 2.45) is 7.05 Å². The van der Waals surface area contributed by atoms with Crippen LogP contribution in [0.1, 0.15) is 11.6 Å². The number of aromatic amines is 1. The molecule has 2 aromatic carbocycles. The Kier molecular flexibility index (Phi) is 10.3. The van der Waals surface area contributed by atoms with Crippen LogP contribution in [0.2, 0.25) is 0 Å². The van der Waals surface area contributed by atoms with Gasteiger partial charge in [-0.1, -0.05) is 23.9 Å². The predicted molar refractivity (Wildman–Crippen MR) is 191 cm³/mol. The van der Waals surface area contributed by atoms with Crippen molar-refractivity contribution in [2.45, 2.75) is 22.6 Å². The Bertz CT molecular complexity index is 2100. The smallest absolute Gasteiger partial charge is 0.352 e. The zero-order chi connectivity index (χ0) is 37.1. The van der Waals surface area contributed by atoms with Gasteiger partial charge in [-0.2, -0.15) is 0 Å². The Morgan fingerprint density at radius 1 is 1.12 bits per heavy atom. The van der Waals surface area contributed by atoms with Gasteiger partial charge in [0.25, 0.3) is 11.5 Å². The molecule has 1 fully saturated rings. The molecule has 0 spiro atoms. The molecule has 52 heavy (non-hydrogen) atoms. The standard InChI is InChI=1S/C31H32N12O7S2/c1-41(2)18-8-6-17(7-9-18)33-29-32-12-20(24(45)37-29)34-30(50)36-21(15-4-10-19(44)11-5-15)25(46)35-22-26(47)43-23(28(48)49)16(13-51-27(22)43)14-52-31-38-39-40-42(31)3/h4-12,21-22,27,44H,13-14H2,1-3H3,(H,35,46)(H,48,49)(H2,34,36,50)(H2,32,33,37,45)/t21-,22?,27-/m1/s1. The van der Waals surface area contributed by atoms with E-state index in [1.807, 2.05) is 43.3 Å². The summed E-state index contributed by atoms with van der Waals surface area (Å²) < 4.78 is 1.44. The monoisotopic (exact) mass is 748 g/mol. The van der Waals surface area contributed by atoms with Crippen molar-refractivity contribution in [3.63, 3.8) is 0 Å². The van der Waals surface area contributed by atoms with E-state index in [0.29, 0.717) is 16.4 Å². The van der Waals surface area contributed by atoms with E-state index >= 15 is 0 Å². The molecule has 4 heterocycles. The number of carboxylic acid groups (broad SMARTS) is 1. The molecule has 2 aromatic heterocycles. The van der Waals surface area contributed by atoms with Crippen molar-refractivity contribution < 1.29 is 29.4 Å². The van der Waals surface area contributed by atoms with Crippen LogP contribution in [-0.2, 0) is 21.4 Å². The Balaban J connectivity index is 1.13. The van der Waals surface area contributed by atoms with Crippen LogP contribution < -0.4 is 31.7 Å². The molecule has 1 saturated heterocycles. The summed E-state index contributed by atoms with van der Waals surface area (Å²) in [5.74, 6) is -2.19. The average Bonchev–Trinajstić information content (AvgIpc) is 3.53. The first kappa shape index (κ1) is 35.7. The molecular formula is C31H32N12O7S2. The number of anilines is 4. The molecule has 270 valence electrons. The Labute approximate surface area is 303 Å². The van der Waals surface area contributed by atoms with Crippen LogP contribution in [0.4, 0.5) is 27.8 Å². The number of fused-ring (bicyclic) bond motifs is 1. The van der Waals surface area contributed by atoms with Crippen LogP contribution in [0.5, 0.6) is 5.75 Å². The topological polar surface area (TPSA) is 253 Å². The summed E-state index contributed by atoms with van der Waals surface area (Å²) in [6, 6.07) is 9.41. The van der Waals surface area contributed by atoms with Crippen LogP contribution in [0.25, 0.3) is 0 Å². The second-order valence-corrected chi connectivity index (χ2v) is 13.7. The highest BCUT2D eigenvalue weighted by Gasteiger charge is 2.54. The highest BCUT2D eigenvalue weighted by Crippen LogP contribution is 2.41. The number of phenols is 1. The van der Waals surface area contributed by atoms with Gasteiger partial charge in [0.05, 0.1) is 6.20 Å². The van der Waals surface area contributed by atoms with Gasteiger partial charge in [-0.25, -0.2) is 19.3 Å². The lowest BCUT2D eigenvalue weighted by Gasteiger charge is -2.49. The first-order valence-electron chi connectivity index (χ1n) is 15.4. The minimum Gasteiger partial charge on any atom is -0.508 e. The summed E-state index contributed by atoms with van der Waals surface area (Å²) in [4.78, 5) is 75.1. The third-order valence-corrected chi connectivity index (χ3v) is 10.4. The number of thioether (sulfide) groups is 2. The molecule has 0 aliphatic carbocycles. The molecule has 0 saturated carbocycles. The molecule has 1 unspecified atom stereocenters. The third kappa shape index (κ3) is 7.63. The summed E-state index contributed by atoms with van der Waals surface area (Å²) >= 11 is 2.50. The number of phenolic OH excluding ortho intramolecular Hbond substituents is 1. The van der Waals surface area contributed by atoms with Crippen molar-refractivity contribution in [3.05, 3.63) is 81.9 Å². The van der Waals surface area contributed by atoms with Crippen molar-refractivity contribution in [1.82, 2.24) is 45.7 Å². The van der Waals surface area contributed by atoms with Gasteiger partial charge in [-0.05, 0) is 58.0 Å². The van der Waals surface area contributed by atoms with E-state index in [2.05, 4.69) is 46.8 Å². The average molecular weight is 749 g/mol. The number of aromatic hydroxyl groups is 1. The Morgan fingerprint density at radius 2 is 1.85 bits per heavy atom. The fourth-order valence-corrected chi connectivity index (χ4v) is 7.64. The van der Waals surface area contributed by atoms with Crippen LogP contribution in [0, 0.1) is 0 Å². The number of rotatable bonds is 12. The highest BCUT2D eigenvalue weighted by atomic mass is 32.2. The molecule has 21 heteroatoms. The van der Waals surface area contributed by atoms with Crippen LogP contribution >= 0.6 is 23.5 Å². The van der Waals surface area contributed by atoms with Crippen molar-refractivity contribution in [3.8, 4) is 5.75 Å². The van der Waals surface area contributed by atoms with Gasteiger partial charge in [0.2, 0.25) is 17.0 Å². The first-order valence-corrected chi connectivity index (χ1v) is 17.5. The summed E-state index contributed by atoms with van der Waals surface area (Å²) in [7, 11) is 5.47. The van der Waals surface area contributed by atoms with Gasteiger partial charge >= 0.3 is 12.0 Å². The largest absolute Gasteiger partial charge is 0.508 e. The number of aryl methyl sites for hydroxylation is 1. The van der Waals surface area contributed by atoms with Gasteiger partial charge in [-0.15, -0.1) is 16.9 Å². The molecule has 0 radical (unpaired) electrons. The lowest BCUT2D eigenvalue weighted by Crippen LogP contribution is -2.71. The molecule has 4 amide bonds. The summed E-state index contributed by atoms with van der Waals surface area (Å²) in [5.41, 5.74) is 1.33. The number of nitrogens with zero attached hydrogens (tertiary/aromatic N) is 7. The van der Waals surface area contributed by atoms with Gasteiger partial charge in [-0.3, -0.25) is 24.3 Å². The molecule has 4 aromatic rings. The summed E-state index contributed by atoms with van der Waals surface area (Å²) in [6.45, 7) is 0. The van der Waals surface area contributed by atoms with E-state index in [0.717, 1.165) is 16.8 Å². The number of aromatic nitrogens is 6. The number of carbonyl (C=O) groups is 4. The fourth-order valence-electron chi connectivity index (χ4n) is 5.31. The minimum absolute atomic E-state index is 0.0897. The van der Waals surface area contributed by atoms with Gasteiger partial charge in [0.15, 0.2) is 0 Å². The second kappa shape index (κ2) is 15.0. The van der Waals surface area contributed by atoms with Crippen LogP contribution in [-0.4, -0.2) is 106 Å². The highest BCUT2D eigenvalue weighted by molar-refractivity contribution is 8.01. The molecule has 0 bridgehead atoms. The van der Waals surface area contributed by atoms with Gasteiger partial charge in [0, 0.05) is 44.0 Å². The Morgan fingerprint density at radius 3 is 2.48 bits per heavy atom. The molecule has 3 atom stereocenters. The number of hydrogen-bond acceptors (Lipinski definition) is 14. The number of urea groups is 1. The maximum Gasteiger partial charge on any atom is 0.352 e. The normalized spacial score (nSPS) is 17.1. The number of tetrazole rings is 1. The third-order valence-electron chi connectivity index (χ3n) is 7.96. The number of β-lactam (4-membered cyclic amide) rings is 1. The van der Waals surface area contributed by atoms with E-state index in [1.54, 1.807) is 7.05 Å². The molecular weight excluding hydrogens is 717 g/mol. The number of hydrogen-bond donors (Lipinski definition) is 7. The van der Waals surface area contributed by atoms with E-state index < -0.39 is 46.8 Å². The number of carbonyl (C=O) groups excluding carboxylic acids is 3. The minimum atomic E-state index is -1.39. The number of amides is 4. The molecule has 7 N–H and O–H groups in total. The van der Waals surface area contributed by atoms with E-state index in [4.69, 9.17) is 0 Å². The molecule has 2 aliphatic heterocycles. The number of aliphatic carboxylic acids is 1. The van der Waals surface area contributed by atoms with Crippen LogP contribution in [0.3, 0.4) is 0 Å². The Hall–Kier alpha value is -6.09. The van der Waals surface area contributed by atoms with Crippen molar-refractivity contribution in [1.29, 1.82) is 0 Å². The van der Waals surface area contributed by atoms with Gasteiger partial charge in [0.1, 0.15) is 34.6 Å². The quantitative estimate of drug-likeness (QED) is 0.0794.